The minimum Gasteiger partial charge on any atom is -0.492 e. The fourth-order valence-corrected chi connectivity index (χ4v) is 5.20. The van der Waals surface area contributed by atoms with Crippen LogP contribution in [-0.4, -0.2) is 31.1 Å². The summed E-state index contributed by atoms with van der Waals surface area (Å²) in [5.41, 5.74) is 3.44. The lowest BCUT2D eigenvalue weighted by molar-refractivity contribution is 0.205. The second-order valence-corrected chi connectivity index (χ2v) is 8.32. The number of aromatic hydroxyl groups is 1. The van der Waals surface area contributed by atoms with E-state index in [-0.39, 0.29) is 17.7 Å². The quantitative estimate of drug-likeness (QED) is 0.546. The first-order valence-electron chi connectivity index (χ1n) is 9.77. The number of aryl methyl sites for hydroxylation is 1. The van der Waals surface area contributed by atoms with Crippen LogP contribution in [0, 0.1) is 5.82 Å². The van der Waals surface area contributed by atoms with E-state index in [0.29, 0.717) is 17.2 Å². The zero-order valence-corrected chi connectivity index (χ0v) is 16.9. The molecule has 0 spiro atoms. The molecule has 0 fully saturated rings. The number of hydrogen-bond donors (Lipinski definition) is 1. The van der Waals surface area contributed by atoms with Crippen molar-refractivity contribution in [1.29, 1.82) is 0 Å². The van der Waals surface area contributed by atoms with E-state index in [2.05, 4.69) is 33.2 Å². The molecular formula is C22H21FN4OS. The van der Waals surface area contributed by atoms with Gasteiger partial charge in [0.1, 0.15) is 5.82 Å². The molecule has 0 saturated carbocycles. The van der Waals surface area contributed by atoms with E-state index in [0.717, 1.165) is 30.0 Å². The first kappa shape index (κ1) is 18.3. The number of halogens is 1. The van der Waals surface area contributed by atoms with E-state index in [9.17, 15) is 9.50 Å². The average Bonchev–Trinajstić information content (AvgIpc) is 3.27. The Morgan fingerprint density at radius 1 is 1.17 bits per heavy atom. The molecule has 2 aromatic carbocycles. The minimum absolute atomic E-state index is 0.0883. The van der Waals surface area contributed by atoms with Gasteiger partial charge in [0.2, 0.25) is 10.8 Å². The molecule has 5 nitrogen and oxygen atoms in total. The molecule has 5 rings (SSSR count). The van der Waals surface area contributed by atoms with Gasteiger partial charge in [-0.25, -0.2) is 9.37 Å². The number of nitrogens with zero attached hydrogens (tertiary/aromatic N) is 4. The summed E-state index contributed by atoms with van der Waals surface area (Å²) in [6.07, 6.45) is 1.63. The molecule has 0 unspecified atom stereocenters. The van der Waals surface area contributed by atoms with Crippen molar-refractivity contribution in [3.8, 4) is 5.88 Å². The van der Waals surface area contributed by atoms with Gasteiger partial charge in [-0.1, -0.05) is 54.7 Å². The topological polar surface area (TPSA) is 53.7 Å². The van der Waals surface area contributed by atoms with E-state index < -0.39 is 0 Å². The smallest absolute Gasteiger partial charge is 0.230 e. The molecule has 0 bridgehead atoms. The molecule has 0 amide bonds. The Hall–Kier alpha value is -2.77. The van der Waals surface area contributed by atoms with Crippen molar-refractivity contribution >= 4 is 16.3 Å². The Labute approximate surface area is 172 Å². The molecule has 0 saturated heterocycles. The Morgan fingerprint density at radius 2 is 2.00 bits per heavy atom. The van der Waals surface area contributed by atoms with Crippen molar-refractivity contribution in [2.24, 2.45) is 0 Å². The van der Waals surface area contributed by atoms with Gasteiger partial charge in [-0.05, 0) is 35.2 Å². The average molecular weight is 409 g/mol. The van der Waals surface area contributed by atoms with Crippen molar-refractivity contribution in [2.75, 3.05) is 6.54 Å². The maximum atomic E-state index is 14.1. The van der Waals surface area contributed by atoms with Crippen LogP contribution in [0.1, 0.15) is 40.4 Å². The lowest BCUT2D eigenvalue weighted by Gasteiger charge is -2.35. The maximum absolute atomic E-state index is 14.1. The SMILES string of the molecule is CCc1nc2sc([C@H](c3cccc(F)c3)N3CCc4ccccc4C3)c(O)n2n1. The second-order valence-electron chi connectivity index (χ2n) is 7.31. The summed E-state index contributed by atoms with van der Waals surface area (Å²) in [7, 11) is 0. The van der Waals surface area contributed by atoms with E-state index in [1.165, 1.54) is 33.0 Å². The van der Waals surface area contributed by atoms with Crippen LogP contribution in [0.25, 0.3) is 4.96 Å². The molecule has 1 N–H and O–H groups in total. The van der Waals surface area contributed by atoms with Crippen molar-refractivity contribution in [2.45, 2.75) is 32.4 Å². The molecule has 2 aromatic heterocycles. The lowest BCUT2D eigenvalue weighted by Crippen LogP contribution is -2.34. The van der Waals surface area contributed by atoms with Gasteiger partial charge in [-0.3, -0.25) is 4.90 Å². The Kier molecular flexibility index (Phi) is 4.56. The highest BCUT2D eigenvalue weighted by Gasteiger charge is 2.31. The fourth-order valence-electron chi connectivity index (χ4n) is 4.06. The molecule has 3 heterocycles. The monoisotopic (exact) mass is 408 g/mol. The summed E-state index contributed by atoms with van der Waals surface area (Å²) < 4.78 is 15.6. The third kappa shape index (κ3) is 3.20. The van der Waals surface area contributed by atoms with Crippen LogP contribution >= 0.6 is 11.3 Å². The minimum atomic E-state index is -0.280. The molecule has 148 valence electrons. The summed E-state index contributed by atoms with van der Waals surface area (Å²) in [5, 5.41) is 15.4. The first-order chi connectivity index (χ1) is 14.1. The van der Waals surface area contributed by atoms with Gasteiger partial charge in [0.15, 0.2) is 5.82 Å². The van der Waals surface area contributed by atoms with Crippen LogP contribution in [0.15, 0.2) is 48.5 Å². The molecular weight excluding hydrogens is 387 g/mol. The highest BCUT2D eigenvalue weighted by Crippen LogP contribution is 2.41. The number of aromatic nitrogens is 3. The van der Waals surface area contributed by atoms with Gasteiger partial charge in [-0.2, -0.15) is 4.52 Å². The summed E-state index contributed by atoms with van der Waals surface area (Å²) in [4.78, 5) is 8.20. The molecule has 0 radical (unpaired) electrons. The normalized spacial score (nSPS) is 15.5. The van der Waals surface area contributed by atoms with E-state index in [1.54, 1.807) is 12.1 Å². The van der Waals surface area contributed by atoms with Crippen LogP contribution in [0.2, 0.25) is 0 Å². The van der Waals surface area contributed by atoms with Crippen molar-refractivity contribution in [3.63, 3.8) is 0 Å². The molecule has 1 aliphatic rings. The molecule has 4 aromatic rings. The molecule has 29 heavy (non-hydrogen) atoms. The predicted molar refractivity (Wildman–Crippen MR) is 111 cm³/mol. The van der Waals surface area contributed by atoms with Crippen LogP contribution in [-0.2, 0) is 19.4 Å². The van der Waals surface area contributed by atoms with Crippen molar-refractivity contribution in [1.82, 2.24) is 19.5 Å². The summed E-state index contributed by atoms with van der Waals surface area (Å²) in [6.45, 7) is 3.55. The third-order valence-electron chi connectivity index (χ3n) is 5.50. The zero-order valence-electron chi connectivity index (χ0n) is 16.0. The molecule has 1 atom stereocenters. The highest BCUT2D eigenvalue weighted by molar-refractivity contribution is 7.17. The summed E-state index contributed by atoms with van der Waals surface area (Å²) in [5.74, 6) is 0.509. The molecule has 1 aliphatic heterocycles. The largest absolute Gasteiger partial charge is 0.492 e. The first-order valence-corrected chi connectivity index (χ1v) is 10.6. The molecule has 0 aliphatic carbocycles. The van der Waals surface area contributed by atoms with Crippen molar-refractivity contribution < 1.29 is 9.50 Å². The van der Waals surface area contributed by atoms with E-state index in [4.69, 9.17) is 0 Å². The zero-order chi connectivity index (χ0) is 20.0. The number of rotatable bonds is 4. The van der Waals surface area contributed by atoms with E-state index >= 15 is 0 Å². The van der Waals surface area contributed by atoms with Crippen LogP contribution in [0.4, 0.5) is 4.39 Å². The van der Waals surface area contributed by atoms with Gasteiger partial charge >= 0.3 is 0 Å². The van der Waals surface area contributed by atoms with Gasteiger partial charge in [-0.15, -0.1) is 5.10 Å². The Bertz CT molecular complexity index is 1180. The number of fused-ring (bicyclic) bond motifs is 2. The third-order valence-corrected chi connectivity index (χ3v) is 6.57. The van der Waals surface area contributed by atoms with Crippen LogP contribution in [0.5, 0.6) is 5.88 Å². The fraction of sp³-hybridized carbons (Fsp3) is 0.273. The van der Waals surface area contributed by atoms with Crippen LogP contribution in [0.3, 0.4) is 0 Å². The predicted octanol–water partition coefficient (Wildman–Crippen LogP) is 4.35. The second kappa shape index (κ2) is 7.24. The van der Waals surface area contributed by atoms with Gasteiger partial charge in [0.25, 0.3) is 0 Å². The number of benzene rings is 2. The van der Waals surface area contributed by atoms with Crippen LogP contribution < -0.4 is 0 Å². The summed E-state index contributed by atoms with van der Waals surface area (Å²) >= 11 is 1.42. The number of thiazole rings is 1. The molecule has 7 heteroatoms. The van der Waals surface area contributed by atoms with Gasteiger partial charge in [0, 0.05) is 19.5 Å². The van der Waals surface area contributed by atoms with Crippen molar-refractivity contribution in [3.05, 3.63) is 81.7 Å². The lowest BCUT2D eigenvalue weighted by atomic mass is 9.95. The highest BCUT2D eigenvalue weighted by atomic mass is 32.1. The number of hydrogen-bond acceptors (Lipinski definition) is 5. The Morgan fingerprint density at radius 3 is 2.76 bits per heavy atom. The maximum Gasteiger partial charge on any atom is 0.230 e. The summed E-state index contributed by atoms with van der Waals surface area (Å²) in [6, 6.07) is 14.8. The van der Waals surface area contributed by atoms with Gasteiger partial charge < -0.3 is 5.11 Å². The van der Waals surface area contributed by atoms with E-state index in [1.807, 2.05) is 19.1 Å². The standard InChI is InChI=1S/C22H21FN4OS/c1-2-18-24-22-27(25-18)21(28)20(29-22)19(15-8-5-9-17(23)12-15)26-11-10-14-6-3-4-7-16(14)13-26/h3-9,12,19,28H,2,10-11,13H2,1H3/t19-/m0/s1. The Balaban J connectivity index is 1.62. The van der Waals surface area contributed by atoms with Gasteiger partial charge in [0.05, 0.1) is 10.9 Å².